The zero-order chi connectivity index (χ0) is 13.6. The lowest BCUT2D eigenvalue weighted by Gasteiger charge is -2.00. The van der Waals surface area contributed by atoms with Gasteiger partial charge in [-0.05, 0) is 43.0 Å². The number of benzene rings is 1. The summed E-state index contributed by atoms with van der Waals surface area (Å²) in [4.78, 5) is 0. The molecule has 0 saturated heterocycles. The minimum Gasteiger partial charge on any atom is -0.361 e. The molecule has 0 aliphatic heterocycles. The van der Waals surface area contributed by atoms with E-state index in [0.29, 0.717) is 4.21 Å². The molecule has 1 aromatic carbocycles. The zero-order valence-electron chi connectivity index (χ0n) is 10.3. The van der Waals surface area contributed by atoms with Crippen molar-refractivity contribution in [1.29, 1.82) is 0 Å². The molecule has 1 N–H and O–H groups in total. The quantitative estimate of drug-likeness (QED) is 0.731. The molecule has 0 aliphatic rings. The Hall–Kier alpha value is -1.50. The molecule has 0 radical (unpaired) electrons. The first-order valence-corrected chi connectivity index (χ1v) is 7.56. The van der Waals surface area contributed by atoms with E-state index < -0.39 is 11.1 Å². The molecule has 4 nitrogen and oxygen atoms in total. The highest BCUT2D eigenvalue weighted by Crippen LogP contribution is 2.33. The summed E-state index contributed by atoms with van der Waals surface area (Å²) >= 11 is -0.596. The Morgan fingerprint density at radius 2 is 2.11 bits per heavy atom. The van der Waals surface area contributed by atoms with Crippen LogP contribution in [-0.4, -0.2) is 13.9 Å². The van der Waals surface area contributed by atoms with Gasteiger partial charge in [-0.25, -0.2) is 4.21 Å². The highest BCUT2D eigenvalue weighted by atomic mass is 32.2. The van der Waals surface area contributed by atoms with Crippen molar-refractivity contribution in [3.63, 3.8) is 0 Å². The molecule has 98 valence electrons. The van der Waals surface area contributed by atoms with Crippen molar-refractivity contribution in [3.05, 3.63) is 35.7 Å². The smallest absolute Gasteiger partial charge is 0.196 e. The molecule has 1 unspecified atom stereocenters. The summed E-state index contributed by atoms with van der Waals surface area (Å²) in [6.45, 7) is 3.78. The molecule has 2 aromatic heterocycles. The molecule has 2 heterocycles. The van der Waals surface area contributed by atoms with Crippen molar-refractivity contribution in [2.75, 3.05) is 0 Å². The van der Waals surface area contributed by atoms with Crippen molar-refractivity contribution in [2.45, 2.75) is 18.1 Å². The zero-order valence-corrected chi connectivity index (χ0v) is 12.0. The van der Waals surface area contributed by atoms with Crippen molar-refractivity contribution in [3.8, 4) is 11.1 Å². The predicted molar refractivity (Wildman–Crippen MR) is 75.8 cm³/mol. The molecular formula is C13H11NO3S2. The maximum atomic E-state index is 11.1. The fourth-order valence-electron chi connectivity index (χ4n) is 2.16. The number of hydrogen-bond acceptors (Lipinski definition) is 4. The van der Waals surface area contributed by atoms with E-state index in [2.05, 4.69) is 5.16 Å². The normalized spacial score (nSPS) is 13.0. The molecule has 0 spiro atoms. The summed E-state index contributed by atoms with van der Waals surface area (Å²) in [5.41, 5.74) is 2.84. The van der Waals surface area contributed by atoms with E-state index in [1.807, 2.05) is 32.0 Å². The molecule has 0 amide bonds. The molecule has 0 saturated carbocycles. The number of hydrogen-bond donors (Lipinski definition) is 1. The summed E-state index contributed by atoms with van der Waals surface area (Å²) in [7, 11) is 0. The fraction of sp³-hybridized carbons (Fsp3) is 0.154. The van der Waals surface area contributed by atoms with Crippen molar-refractivity contribution < 1.29 is 13.3 Å². The minimum atomic E-state index is -1.93. The second-order valence-electron chi connectivity index (χ2n) is 4.27. The first kappa shape index (κ1) is 12.5. The number of rotatable bonds is 2. The highest BCUT2D eigenvalue weighted by molar-refractivity contribution is 7.82. The van der Waals surface area contributed by atoms with Gasteiger partial charge in [-0.15, -0.1) is 11.3 Å². The van der Waals surface area contributed by atoms with Crippen molar-refractivity contribution >= 4 is 32.5 Å². The lowest BCUT2D eigenvalue weighted by Crippen LogP contribution is -1.81. The fourth-order valence-corrected chi connectivity index (χ4v) is 3.71. The monoisotopic (exact) mass is 293 g/mol. The summed E-state index contributed by atoms with van der Waals surface area (Å²) in [5.74, 6) is 0.776. The van der Waals surface area contributed by atoms with Crippen LogP contribution >= 0.6 is 11.3 Å². The molecule has 3 rings (SSSR count). The average Bonchev–Trinajstić information content (AvgIpc) is 2.92. The van der Waals surface area contributed by atoms with Gasteiger partial charge < -0.3 is 9.08 Å². The van der Waals surface area contributed by atoms with Gasteiger partial charge in [0, 0.05) is 10.3 Å². The van der Waals surface area contributed by atoms with Gasteiger partial charge >= 0.3 is 0 Å². The second kappa shape index (κ2) is 4.56. The van der Waals surface area contributed by atoms with Crippen LogP contribution in [0.5, 0.6) is 0 Å². The van der Waals surface area contributed by atoms with Crippen molar-refractivity contribution in [2.24, 2.45) is 0 Å². The van der Waals surface area contributed by atoms with Crippen LogP contribution in [-0.2, 0) is 11.1 Å². The average molecular weight is 293 g/mol. The summed E-state index contributed by atoms with van der Waals surface area (Å²) in [6, 6.07) is 7.68. The van der Waals surface area contributed by atoms with Gasteiger partial charge in [0.15, 0.2) is 11.1 Å². The van der Waals surface area contributed by atoms with E-state index in [1.165, 1.54) is 11.3 Å². The topological polar surface area (TPSA) is 63.3 Å². The lowest BCUT2D eigenvalue weighted by molar-refractivity contribution is 0.393. The SMILES string of the molecule is Cc1noc(C)c1-c1ccc2sc(S(=O)O)cc2c1. The van der Waals surface area contributed by atoms with Gasteiger partial charge in [0.25, 0.3) is 0 Å². The molecule has 0 aliphatic carbocycles. The third kappa shape index (κ3) is 2.11. The van der Waals surface area contributed by atoms with E-state index in [0.717, 1.165) is 32.7 Å². The van der Waals surface area contributed by atoms with Crippen LogP contribution in [0.3, 0.4) is 0 Å². The van der Waals surface area contributed by atoms with E-state index in [1.54, 1.807) is 6.07 Å². The predicted octanol–water partition coefficient (Wildman–Crippen LogP) is 3.75. The molecule has 19 heavy (non-hydrogen) atoms. The van der Waals surface area contributed by atoms with Crippen LogP contribution in [0.1, 0.15) is 11.5 Å². The Bertz CT molecular complexity index is 769. The summed E-state index contributed by atoms with van der Waals surface area (Å²) < 4.78 is 26.8. The first-order chi connectivity index (χ1) is 9.06. The van der Waals surface area contributed by atoms with Gasteiger partial charge in [0.1, 0.15) is 9.97 Å². The van der Waals surface area contributed by atoms with Crippen LogP contribution in [0.4, 0.5) is 0 Å². The Morgan fingerprint density at radius 3 is 2.74 bits per heavy atom. The van der Waals surface area contributed by atoms with Crippen LogP contribution in [0.25, 0.3) is 21.2 Å². The maximum Gasteiger partial charge on any atom is 0.196 e. The lowest BCUT2D eigenvalue weighted by atomic mass is 10.0. The van der Waals surface area contributed by atoms with E-state index >= 15 is 0 Å². The van der Waals surface area contributed by atoms with Crippen LogP contribution in [0.2, 0.25) is 0 Å². The number of thiophene rings is 1. The molecule has 6 heteroatoms. The second-order valence-corrected chi connectivity index (χ2v) is 6.55. The van der Waals surface area contributed by atoms with E-state index in [9.17, 15) is 4.21 Å². The maximum absolute atomic E-state index is 11.1. The number of nitrogens with zero attached hydrogens (tertiary/aromatic N) is 1. The van der Waals surface area contributed by atoms with Gasteiger partial charge in [-0.2, -0.15) is 0 Å². The third-order valence-corrected chi connectivity index (χ3v) is 5.04. The minimum absolute atomic E-state index is 0.464. The van der Waals surface area contributed by atoms with E-state index in [-0.39, 0.29) is 0 Å². The molecule has 0 fully saturated rings. The van der Waals surface area contributed by atoms with Crippen molar-refractivity contribution in [1.82, 2.24) is 5.16 Å². The van der Waals surface area contributed by atoms with Gasteiger partial charge in [-0.3, -0.25) is 0 Å². The third-order valence-electron chi connectivity index (χ3n) is 2.99. The Labute approximate surface area is 116 Å². The van der Waals surface area contributed by atoms with Gasteiger partial charge in [0.2, 0.25) is 0 Å². The number of fused-ring (bicyclic) bond motifs is 1. The Balaban J connectivity index is 2.19. The van der Waals surface area contributed by atoms with Gasteiger partial charge in [0.05, 0.1) is 5.69 Å². The van der Waals surface area contributed by atoms with Crippen LogP contribution in [0, 0.1) is 13.8 Å². The highest BCUT2D eigenvalue weighted by Gasteiger charge is 2.13. The Morgan fingerprint density at radius 1 is 1.32 bits per heavy atom. The molecule has 1 atom stereocenters. The largest absolute Gasteiger partial charge is 0.361 e. The van der Waals surface area contributed by atoms with Crippen LogP contribution in [0.15, 0.2) is 33.0 Å². The van der Waals surface area contributed by atoms with Crippen LogP contribution < -0.4 is 0 Å². The summed E-state index contributed by atoms with van der Waals surface area (Å²) in [5, 5.41) is 4.90. The number of aromatic nitrogens is 1. The standard InChI is InChI=1S/C13H11NO3S2/c1-7-13(8(2)17-14-7)9-3-4-11-10(5-9)6-12(18-11)19(15)16/h3-6H,1-2H3,(H,15,16). The number of aryl methyl sites for hydroxylation is 2. The summed E-state index contributed by atoms with van der Waals surface area (Å²) in [6.07, 6.45) is 0. The Kier molecular flexibility index (Phi) is 3.00. The molecule has 0 bridgehead atoms. The molecule has 3 aromatic rings. The first-order valence-electron chi connectivity index (χ1n) is 5.64. The van der Waals surface area contributed by atoms with Gasteiger partial charge in [-0.1, -0.05) is 11.2 Å². The molecular weight excluding hydrogens is 282 g/mol. The van der Waals surface area contributed by atoms with E-state index in [4.69, 9.17) is 9.08 Å².